The van der Waals surface area contributed by atoms with Gasteiger partial charge in [0, 0.05) is 22.2 Å². The van der Waals surface area contributed by atoms with Crippen LogP contribution in [0.2, 0.25) is 5.02 Å². The highest BCUT2D eigenvalue weighted by Gasteiger charge is 2.12. The van der Waals surface area contributed by atoms with Gasteiger partial charge in [0.1, 0.15) is 6.61 Å². The summed E-state index contributed by atoms with van der Waals surface area (Å²) in [6.45, 7) is 2.33. The zero-order valence-electron chi connectivity index (χ0n) is 19.9. The first kappa shape index (κ1) is 25.8. The number of anilines is 2. The number of terminal acetylenes is 1. The summed E-state index contributed by atoms with van der Waals surface area (Å²) in [6.07, 6.45) is 6.74. The van der Waals surface area contributed by atoms with Gasteiger partial charge in [-0.3, -0.25) is 4.79 Å². The van der Waals surface area contributed by atoms with Gasteiger partial charge in [-0.1, -0.05) is 47.9 Å². The van der Waals surface area contributed by atoms with E-state index < -0.39 is 0 Å². The number of hydrazone groups is 1. The standard InChI is InChI=1S/C28H23ClN4O3S/c1-3-14-36-26-23(29)15-19(16-25(26)35-4-2)17-30-33-27(34)21-12-10-20(11-13-21)24-18-37-28(32-24)31-22-8-6-5-7-9-22/h1,5-13,15-18H,4,14H2,2H3,(H,31,32)(H,33,34)/b30-17-. The first-order valence-electron chi connectivity index (χ1n) is 11.3. The van der Waals surface area contributed by atoms with Gasteiger partial charge in [-0.2, -0.15) is 5.10 Å². The molecule has 1 heterocycles. The van der Waals surface area contributed by atoms with Crippen molar-refractivity contribution in [3.8, 4) is 35.1 Å². The van der Waals surface area contributed by atoms with Gasteiger partial charge in [-0.05, 0) is 48.9 Å². The number of rotatable bonds is 10. The molecule has 0 fully saturated rings. The van der Waals surface area contributed by atoms with E-state index in [9.17, 15) is 4.79 Å². The smallest absolute Gasteiger partial charge is 0.271 e. The summed E-state index contributed by atoms with van der Waals surface area (Å²) in [7, 11) is 0. The van der Waals surface area contributed by atoms with Gasteiger partial charge in [-0.15, -0.1) is 17.8 Å². The van der Waals surface area contributed by atoms with Crippen molar-refractivity contribution in [2.24, 2.45) is 5.10 Å². The molecule has 0 spiro atoms. The van der Waals surface area contributed by atoms with Crippen LogP contribution in [-0.2, 0) is 0 Å². The molecule has 4 aromatic rings. The quantitative estimate of drug-likeness (QED) is 0.141. The van der Waals surface area contributed by atoms with E-state index in [1.807, 2.05) is 54.8 Å². The number of benzene rings is 3. The second-order valence-corrected chi connectivity index (χ2v) is 8.83. The van der Waals surface area contributed by atoms with Gasteiger partial charge >= 0.3 is 0 Å². The number of thiazole rings is 1. The van der Waals surface area contributed by atoms with Crippen LogP contribution in [0.3, 0.4) is 0 Å². The maximum absolute atomic E-state index is 12.6. The third-order valence-corrected chi connectivity index (χ3v) is 6.02. The summed E-state index contributed by atoms with van der Waals surface area (Å²) in [5.41, 5.74) is 6.31. The van der Waals surface area contributed by atoms with Gasteiger partial charge in [-0.25, -0.2) is 10.4 Å². The summed E-state index contributed by atoms with van der Waals surface area (Å²) in [4.78, 5) is 17.2. The number of carbonyl (C=O) groups is 1. The normalized spacial score (nSPS) is 10.6. The summed E-state index contributed by atoms with van der Waals surface area (Å²) < 4.78 is 11.1. The molecule has 0 radical (unpaired) electrons. The lowest BCUT2D eigenvalue weighted by Crippen LogP contribution is -2.17. The fourth-order valence-corrected chi connectivity index (χ4v) is 4.32. The number of hydrogen-bond acceptors (Lipinski definition) is 7. The van der Waals surface area contributed by atoms with Crippen LogP contribution < -0.4 is 20.2 Å². The lowest BCUT2D eigenvalue weighted by Gasteiger charge is -2.12. The molecule has 1 amide bonds. The highest BCUT2D eigenvalue weighted by Crippen LogP contribution is 2.36. The van der Waals surface area contributed by atoms with Crippen molar-refractivity contribution in [2.75, 3.05) is 18.5 Å². The Kier molecular flexibility index (Phi) is 8.76. The summed E-state index contributed by atoms with van der Waals surface area (Å²) in [5, 5.41) is 10.4. The summed E-state index contributed by atoms with van der Waals surface area (Å²) in [5.74, 6) is 2.86. The fraction of sp³-hybridized carbons (Fsp3) is 0.107. The molecule has 0 bridgehead atoms. The predicted octanol–water partition coefficient (Wildman–Crippen LogP) is 6.38. The van der Waals surface area contributed by atoms with Crippen LogP contribution in [0.25, 0.3) is 11.3 Å². The molecule has 186 valence electrons. The van der Waals surface area contributed by atoms with E-state index in [-0.39, 0.29) is 12.5 Å². The number of aromatic nitrogens is 1. The summed E-state index contributed by atoms with van der Waals surface area (Å²) >= 11 is 7.83. The largest absolute Gasteiger partial charge is 0.490 e. The molecule has 37 heavy (non-hydrogen) atoms. The molecule has 0 saturated heterocycles. The zero-order valence-corrected chi connectivity index (χ0v) is 21.5. The lowest BCUT2D eigenvalue weighted by atomic mass is 10.1. The molecule has 0 aliphatic rings. The van der Waals surface area contributed by atoms with Crippen LogP contribution in [0.5, 0.6) is 11.5 Å². The van der Waals surface area contributed by atoms with Crippen molar-refractivity contribution in [1.82, 2.24) is 10.4 Å². The molecular weight excluding hydrogens is 508 g/mol. The second-order valence-electron chi connectivity index (χ2n) is 7.56. The molecule has 0 saturated carbocycles. The molecule has 0 unspecified atom stereocenters. The van der Waals surface area contributed by atoms with Gasteiger partial charge in [0.2, 0.25) is 0 Å². The van der Waals surface area contributed by atoms with Crippen molar-refractivity contribution in [2.45, 2.75) is 6.92 Å². The zero-order chi connectivity index (χ0) is 26.0. The molecule has 2 N–H and O–H groups in total. The van der Waals surface area contributed by atoms with E-state index in [1.165, 1.54) is 17.6 Å². The highest BCUT2D eigenvalue weighted by molar-refractivity contribution is 7.14. The van der Waals surface area contributed by atoms with E-state index in [4.69, 9.17) is 27.5 Å². The number of nitrogens with one attached hydrogen (secondary N) is 2. The Balaban J connectivity index is 1.38. The van der Waals surface area contributed by atoms with Crippen LogP contribution >= 0.6 is 22.9 Å². The average Bonchev–Trinajstić information content (AvgIpc) is 3.37. The van der Waals surface area contributed by atoms with Crippen molar-refractivity contribution < 1.29 is 14.3 Å². The van der Waals surface area contributed by atoms with E-state index >= 15 is 0 Å². The molecule has 1 aromatic heterocycles. The van der Waals surface area contributed by atoms with Gasteiger partial charge in [0.15, 0.2) is 16.6 Å². The second kappa shape index (κ2) is 12.6. The minimum absolute atomic E-state index is 0.0658. The van der Waals surface area contributed by atoms with E-state index in [0.717, 1.165) is 22.1 Å². The predicted molar refractivity (Wildman–Crippen MR) is 149 cm³/mol. The SMILES string of the molecule is C#CCOc1c(Cl)cc(/C=N\NC(=O)c2ccc(-c3csc(Nc4ccccc4)n3)cc2)cc1OCC. The van der Waals surface area contributed by atoms with Crippen molar-refractivity contribution >= 4 is 45.9 Å². The number of ether oxygens (including phenoxy) is 2. The molecule has 0 aliphatic heterocycles. The van der Waals surface area contributed by atoms with Crippen molar-refractivity contribution in [1.29, 1.82) is 0 Å². The Bertz CT molecular complexity index is 1430. The third kappa shape index (κ3) is 6.88. The maximum atomic E-state index is 12.6. The Morgan fingerprint density at radius 1 is 1.16 bits per heavy atom. The van der Waals surface area contributed by atoms with Crippen LogP contribution in [0, 0.1) is 12.3 Å². The lowest BCUT2D eigenvalue weighted by molar-refractivity contribution is 0.0955. The Hall–Kier alpha value is -4.32. The van der Waals surface area contributed by atoms with Gasteiger partial charge < -0.3 is 14.8 Å². The van der Waals surface area contributed by atoms with Crippen LogP contribution in [-0.4, -0.2) is 30.3 Å². The first-order chi connectivity index (χ1) is 18.1. The Labute approximate surface area is 224 Å². The molecule has 0 aliphatic carbocycles. The molecule has 4 rings (SSSR count). The Morgan fingerprint density at radius 3 is 2.68 bits per heavy atom. The number of para-hydroxylation sites is 1. The van der Waals surface area contributed by atoms with E-state index in [0.29, 0.717) is 34.3 Å². The summed E-state index contributed by atoms with van der Waals surface area (Å²) in [6, 6.07) is 20.4. The number of halogens is 1. The minimum Gasteiger partial charge on any atom is -0.490 e. The molecule has 9 heteroatoms. The maximum Gasteiger partial charge on any atom is 0.271 e. The molecular formula is C28H23ClN4O3S. The van der Waals surface area contributed by atoms with Gasteiger partial charge in [0.25, 0.3) is 5.91 Å². The Morgan fingerprint density at radius 2 is 1.95 bits per heavy atom. The number of carbonyl (C=O) groups excluding carboxylic acids is 1. The van der Waals surface area contributed by atoms with E-state index in [1.54, 1.807) is 24.3 Å². The van der Waals surface area contributed by atoms with Crippen molar-refractivity contribution in [3.05, 3.63) is 88.3 Å². The highest BCUT2D eigenvalue weighted by atomic mass is 35.5. The number of amides is 1. The third-order valence-electron chi connectivity index (χ3n) is 4.98. The van der Waals surface area contributed by atoms with Crippen LogP contribution in [0.4, 0.5) is 10.8 Å². The first-order valence-corrected chi connectivity index (χ1v) is 12.6. The monoisotopic (exact) mass is 530 g/mol. The fourth-order valence-electron chi connectivity index (χ4n) is 3.31. The van der Waals surface area contributed by atoms with Crippen molar-refractivity contribution in [3.63, 3.8) is 0 Å². The van der Waals surface area contributed by atoms with Gasteiger partial charge in [0.05, 0.1) is 23.5 Å². The average molecular weight is 531 g/mol. The van der Waals surface area contributed by atoms with Crippen LogP contribution in [0.15, 0.2) is 77.2 Å². The molecule has 7 nitrogen and oxygen atoms in total. The van der Waals surface area contributed by atoms with E-state index in [2.05, 4.69) is 26.7 Å². The number of nitrogens with zero attached hydrogens (tertiary/aromatic N) is 2. The topological polar surface area (TPSA) is 84.8 Å². The minimum atomic E-state index is -0.349. The molecule has 3 aromatic carbocycles. The van der Waals surface area contributed by atoms with Crippen LogP contribution in [0.1, 0.15) is 22.8 Å². The number of hydrogen-bond donors (Lipinski definition) is 2. The molecule has 0 atom stereocenters.